The van der Waals surface area contributed by atoms with Crippen LogP contribution in [0.5, 0.6) is 0 Å². The van der Waals surface area contributed by atoms with E-state index in [9.17, 15) is 91.9 Å². The molecular weight excluding hydrogens is 880 g/mol. The monoisotopic (exact) mass is 953 g/mol. The molecule has 0 aliphatic carbocycles. The van der Waals surface area contributed by atoms with Gasteiger partial charge in [0.2, 0.25) is 0 Å². The first-order chi connectivity index (χ1) is 27.1. The molecule has 0 atom stereocenters. The summed E-state index contributed by atoms with van der Waals surface area (Å²) in [7, 11) is -21.0. The average Bonchev–Trinajstić information content (AvgIpc) is 3.28. The summed E-state index contributed by atoms with van der Waals surface area (Å²) in [6.07, 6.45) is -13.8. The first-order valence-electron chi connectivity index (χ1n) is 18.3. The summed E-state index contributed by atoms with van der Waals surface area (Å²) in [5, 5.41) is 188. The van der Waals surface area contributed by atoms with Gasteiger partial charge < -0.3 is 0 Å². The van der Waals surface area contributed by atoms with E-state index in [1.165, 1.54) is 9.80 Å². The van der Waals surface area contributed by atoms with E-state index in [0.29, 0.717) is 0 Å². The fourth-order valence-electron chi connectivity index (χ4n) is 6.04. The van der Waals surface area contributed by atoms with Crippen molar-refractivity contribution in [3.8, 4) is 0 Å². The third-order valence-corrected chi connectivity index (χ3v) is 30.1. The van der Waals surface area contributed by atoms with E-state index in [1.54, 1.807) is 0 Å². The predicted molar refractivity (Wildman–Crippen MR) is 234 cm³/mol. The number of hydrogen-bond donors (Lipinski definition) is 18. The number of hydrogen-bond acceptors (Lipinski definition) is 23. The molecule has 0 amide bonds. The number of nitrogens with zero attached hydrogens (tertiary/aromatic N) is 5. The average molecular weight is 954 g/mol. The molecule has 0 aromatic carbocycles. The Bertz CT molecular complexity index is 995. The molecule has 1 heterocycles. The molecule has 0 unspecified atom stereocenters. The van der Waals surface area contributed by atoms with Crippen molar-refractivity contribution in [2.45, 2.75) is 5.92 Å². The Labute approximate surface area is 335 Å². The second-order valence-corrected chi connectivity index (χ2v) is 41.7. The van der Waals surface area contributed by atoms with Crippen LogP contribution >= 0.6 is 43.6 Å². The number of aromatic nitrogens is 3. The van der Waals surface area contributed by atoms with Crippen molar-refractivity contribution in [2.24, 2.45) is 0 Å². The molecule has 0 radical (unpaired) electrons. The zero-order valence-electron chi connectivity index (χ0n) is 32.3. The zero-order chi connectivity index (χ0) is 43.6. The minimum atomic E-state index is -3.53. The molecule has 0 saturated carbocycles. The topological polar surface area (TPSA) is 409 Å². The molecule has 0 bridgehead atoms. The van der Waals surface area contributed by atoms with Crippen LogP contribution in [-0.4, -0.2) is 259 Å². The summed E-state index contributed by atoms with van der Waals surface area (Å²) < 4.78 is 0. The normalized spacial score (nSPS) is 15.7. The zero-order valence-corrected chi connectivity index (χ0v) is 38.3. The SMILES string of the molecule is OC[PH](CO)(CO)CC(C[PH](CO)(CO)CO)c1nc(N(C[PH](CO)(CO)CO)C[PH](CO)(CO)CO)nc(N(C[PH](CO)(CO)CO)C[PH](CO)(CO)CO)n1. The first-order valence-corrected chi connectivity index (χ1v) is 35.3. The van der Waals surface area contributed by atoms with Gasteiger partial charge >= 0.3 is 336 Å². The van der Waals surface area contributed by atoms with Gasteiger partial charge in [-0.1, -0.05) is 0 Å². The first kappa shape index (κ1) is 55.5. The molecule has 0 aliphatic heterocycles. The number of anilines is 2. The van der Waals surface area contributed by atoms with Crippen LogP contribution in [0.2, 0.25) is 0 Å². The Morgan fingerprint density at radius 1 is 0.298 bits per heavy atom. The molecule has 1 rings (SSSR count). The Hall–Kier alpha value is 0.470. The second kappa shape index (κ2) is 26.2. The summed E-state index contributed by atoms with van der Waals surface area (Å²) >= 11 is 0. The van der Waals surface area contributed by atoms with Crippen molar-refractivity contribution in [3.05, 3.63) is 5.82 Å². The van der Waals surface area contributed by atoms with Gasteiger partial charge in [0.15, 0.2) is 0 Å². The molecule has 0 saturated heterocycles. The van der Waals surface area contributed by atoms with Gasteiger partial charge in [-0.25, -0.2) is 0 Å². The third-order valence-electron chi connectivity index (χ3n) is 11.1. The van der Waals surface area contributed by atoms with Gasteiger partial charge in [0.25, 0.3) is 0 Å². The van der Waals surface area contributed by atoms with E-state index in [1.807, 2.05) is 0 Å². The van der Waals surface area contributed by atoms with Crippen molar-refractivity contribution >= 4 is 55.5 Å². The molecule has 0 fully saturated rings. The maximum absolute atomic E-state index is 10.4. The van der Waals surface area contributed by atoms with Gasteiger partial charge in [0.05, 0.1) is 0 Å². The van der Waals surface area contributed by atoms with Gasteiger partial charge in [0, 0.05) is 0 Å². The standard InChI is InChI=1S/C28H73N5O18P6/c34-7-52(8-35,9-36)1-25(2-53(10-37,11-38)12-39)26-29-27(32(3-54(13-40,14-41)15-42)4-55(16-43,17-44)18-45)31-28(30-26)33(5-56(19-46,20-47)21-48)6-57(22-49,23-50)24-51/h25,34-57H,1-24H2. The molecule has 1 aromatic rings. The molecule has 348 valence electrons. The third kappa shape index (κ3) is 14.2. The summed E-state index contributed by atoms with van der Waals surface area (Å²) in [4.78, 5) is 16.7. The van der Waals surface area contributed by atoms with Crippen LogP contribution in [0.25, 0.3) is 0 Å². The minimum absolute atomic E-state index is 0.202. The molecule has 57 heavy (non-hydrogen) atoms. The van der Waals surface area contributed by atoms with Gasteiger partial charge in [0.1, 0.15) is 0 Å². The Morgan fingerprint density at radius 3 is 0.667 bits per heavy atom. The van der Waals surface area contributed by atoms with E-state index in [2.05, 4.69) is 4.98 Å². The maximum atomic E-state index is 10.4. The van der Waals surface area contributed by atoms with Crippen molar-refractivity contribution in [3.63, 3.8) is 0 Å². The van der Waals surface area contributed by atoms with Gasteiger partial charge in [-0.3, -0.25) is 0 Å². The van der Waals surface area contributed by atoms with Crippen LogP contribution in [0, 0.1) is 0 Å². The van der Waals surface area contributed by atoms with E-state index < -0.39 is 164 Å². The number of rotatable bonds is 33. The summed E-state index contributed by atoms with van der Waals surface area (Å²) in [5.41, 5.74) is 0. The Balaban J connectivity index is 4.66. The number of aliphatic hydroxyl groups excluding tert-OH is 18. The summed E-state index contributed by atoms with van der Waals surface area (Å²) in [5.74, 6) is -1.95. The molecular formula is C28H73N5O18P6. The van der Waals surface area contributed by atoms with E-state index >= 15 is 0 Å². The Kier molecular flexibility index (Phi) is 25.5. The van der Waals surface area contributed by atoms with Gasteiger partial charge in [-0.05, 0) is 0 Å². The van der Waals surface area contributed by atoms with Crippen molar-refractivity contribution in [2.75, 3.05) is 162 Å². The molecule has 1 aromatic heterocycles. The molecule has 0 aliphatic rings. The fraction of sp³-hybridized carbons (Fsp3) is 0.893. The van der Waals surface area contributed by atoms with Crippen LogP contribution < -0.4 is 9.80 Å². The van der Waals surface area contributed by atoms with E-state index in [0.717, 1.165) is 0 Å². The Morgan fingerprint density at radius 2 is 0.491 bits per heavy atom. The predicted octanol–water partition coefficient (Wildman–Crippen LogP) is -6.01. The molecule has 0 spiro atoms. The fourth-order valence-corrected chi connectivity index (χ4v) is 17.5. The summed E-state index contributed by atoms with van der Waals surface area (Å²) in [6.45, 7) is 0. The quantitative estimate of drug-likeness (QED) is 0.0292. The second-order valence-electron chi connectivity index (χ2n) is 16.0. The van der Waals surface area contributed by atoms with Crippen LogP contribution in [0.15, 0.2) is 0 Å². The summed E-state index contributed by atoms with van der Waals surface area (Å²) in [6, 6.07) is 0. The molecule has 18 N–H and O–H groups in total. The van der Waals surface area contributed by atoms with Crippen LogP contribution in [0.4, 0.5) is 11.9 Å². The van der Waals surface area contributed by atoms with Crippen molar-refractivity contribution in [1.82, 2.24) is 15.0 Å². The van der Waals surface area contributed by atoms with Crippen molar-refractivity contribution < 1.29 is 91.9 Å². The van der Waals surface area contributed by atoms with E-state index in [-0.39, 0.29) is 55.2 Å². The molecule has 23 nitrogen and oxygen atoms in total. The van der Waals surface area contributed by atoms with Crippen LogP contribution in [0.1, 0.15) is 11.7 Å². The molecule has 29 heteroatoms. The van der Waals surface area contributed by atoms with Crippen LogP contribution in [0.3, 0.4) is 0 Å². The van der Waals surface area contributed by atoms with Crippen molar-refractivity contribution in [1.29, 1.82) is 0 Å². The number of aliphatic hydroxyl groups is 18. The van der Waals surface area contributed by atoms with Gasteiger partial charge in [-0.2, -0.15) is 0 Å². The van der Waals surface area contributed by atoms with Gasteiger partial charge in [-0.15, -0.1) is 0 Å². The van der Waals surface area contributed by atoms with E-state index in [4.69, 9.17) is 9.97 Å². The van der Waals surface area contributed by atoms with Crippen LogP contribution in [-0.2, 0) is 0 Å².